The second-order valence-corrected chi connectivity index (χ2v) is 4.75. The molecule has 0 N–H and O–H groups in total. The molecule has 0 spiro atoms. The number of ether oxygens (including phenoxy) is 1. The molecule has 1 aromatic rings. The number of rotatable bonds is 6. The summed E-state index contributed by atoms with van der Waals surface area (Å²) in [4.78, 5) is 48.6. The van der Waals surface area contributed by atoms with Crippen LogP contribution in [-0.2, 0) is 20.9 Å². The molecule has 0 aromatic carbocycles. The van der Waals surface area contributed by atoms with Crippen LogP contribution in [0.2, 0.25) is 0 Å². The van der Waals surface area contributed by atoms with E-state index in [1.165, 1.54) is 13.8 Å². The topological polar surface area (TPSA) is 121 Å². The van der Waals surface area contributed by atoms with Crippen molar-refractivity contribution in [1.82, 2.24) is 9.55 Å². The zero-order valence-corrected chi connectivity index (χ0v) is 11.9. The summed E-state index contributed by atoms with van der Waals surface area (Å²) in [5.74, 6) is -1.33. The minimum atomic E-state index is -1.46. The van der Waals surface area contributed by atoms with Crippen LogP contribution in [0.15, 0.2) is 17.2 Å². The van der Waals surface area contributed by atoms with Gasteiger partial charge in [-0.25, -0.2) is 4.79 Å². The molecule has 0 amide bonds. The molecular weight excluding hydrogens is 282 g/mol. The Morgan fingerprint density at radius 3 is 2.62 bits per heavy atom. The van der Waals surface area contributed by atoms with E-state index in [1.807, 2.05) is 0 Å². The second kappa shape index (κ2) is 6.25. The minimum Gasteiger partial charge on any atom is -0.465 e. The fraction of sp³-hybridized carbons (Fsp3) is 0.500. The van der Waals surface area contributed by atoms with Crippen molar-refractivity contribution in [3.8, 4) is 0 Å². The first-order valence-electron chi connectivity index (χ1n) is 6.11. The largest absolute Gasteiger partial charge is 0.465 e. The Balaban J connectivity index is 3.03. The van der Waals surface area contributed by atoms with Crippen LogP contribution in [0, 0.1) is 15.5 Å². The third-order valence-electron chi connectivity index (χ3n) is 2.85. The van der Waals surface area contributed by atoms with E-state index in [1.54, 1.807) is 6.92 Å². The van der Waals surface area contributed by atoms with E-state index in [9.17, 15) is 24.5 Å². The van der Waals surface area contributed by atoms with Gasteiger partial charge in [-0.1, -0.05) is 0 Å². The van der Waals surface area contributed by atoms with Crippen molar-refractivity contribution in [3.05, 3.63) is 33.0 Å². The number of carbonyl (C=O) groups is 2. The molecule has 0 saturated carbocycles. The highest BCUT2D eigenvalue weighted by molar-refractivity contribution is 6.02. The Morgan fingerprint density at radius 1 is 1.48 bits per heavy atom. The number of carbonyl (C=O) groups excluding carboxylic acids is 2. The van der Waals surface area contributed by atoms with Gasteiger partial charge in [0.25, 0.3) is 0 Å². The predicted molar refractivity (Wildman–Crippen MR) is 70.6 cm³/mol. The maximum atomic E-state index is 12.1. The number of hydrogen-bond acceptors (Lipinski definition) is 7. The van der Waals surface area contributed by atoms with E-state index in [0.717, 1.165) is 17.0 Å². The zero-order chi connectivity index (χ0) is 16.2. The Kier molecular flexibility index (Phi) is 4.90. The van der Waals surface area contributed by atoms with Crippen LogP contribution in [0.25, 0.3) is 0 Å². The maximum absolute atomic E-state index is 12.1. The van der Waals surface area contributed by atoms with Gasteiger partial charge in [-0.05, 0) is 20.8 Å². The highest BCUT2D eigenvalue weighted by atomic mass is 16.6. The van der Waals surface area contributed by atoms with Crippen molar-refractivity contribution in [2.24, 2.45) is 5.41 Å². The molecule has 1 rings (SSSR count). The van der Waals surface area contributed by atoms with Crippen molar-refractivity contribution < 1.29 is 19.2 Å². The third-order valence-corrected chi connectivity index (χ3v) is 2.85. The molecule has 1 aromatic heterocycles. The first kappa shape index (κ1) is 16.5. The van der Waals surface area contributed by atoms with Gasteiger partial charge in [0, 0.05) is 0 Å². The number of nitrogens with zero attached hydrogens (tertiary/aromatic N) is 3. The summed E-state index contributed by atoms with van der Waals surface area (Å²) in [7, 11) is 0. The molecule has 9 heteroatoms. The van der Waals surface area contributed by atoms with Crippen LogP contribution >= 0.6 is 0 Å². The number of Topliss-reactive ketones (excluding diaryl/α,β-unsaturated/α-hetero) is 1. The number of aromatic nitrogens is 2. The van der Waals surface area contributed by atoms with Crippen molar-refractivity contribution >= 4 is 17.4 Å². The van der Waals surface area contributed by atoms with Gasteiger partial charge >= 0.3 is 17.3 Å². The number of hydrogen-bond donors (Lipinski definition) is 0. The minimum absolute atomic E-state index is 0.119. The molecule has 114 valence electrons. The lowest BCUT2D eigenvalue weighted by Crippen LogP contribution is -2.39. The van der Waals surface area contributed by atoms with E-state index in [4.69, 9.17) is 4.74 Å². The maximum Gasteiger partial charge on any atom is 0.348 e. The number of nitro groups is 1. The van der Waals surface area contributed by atoms with Crippen LogP contribution in [0.5, 0.6) is 0 Å². The van der Waals surface area contributed by atoms with Gasteiger partial charge < -0.3 is 4.74 Å². The lowest BCUT2D eigenvalue weighted by Gasteiger charge is -2.20. The van der Waals surface area contributed by atoms with Crippen LogP contribution in [0.3, 0.4) is 0 Å². The van der Waals surface area contributed by atoms with Crippen molar-refractivity contribution in [3.63, 3.8) is 0 Å². The van der Waals surface area contributed by atoms with Gasteiger partial charge in [-0.3, -0.25) is 24.3 Å². The molecule has 0 saturated heterocycles. The lowest BCUT2D eigenvalue weighted by atomic mass is 9.88. The van der Waals surface area contributed by atoms with Gasteiger partial charge in [-0.2, -0.15) is 4.98 Å². The Labute approximate surface area is 119 Å². The smallest absolute Gasteiger partial charge is 0.348 e. The molecule has 0 radical (unpaired) electrons. The summed E-state index contributed by atoms with van der Waals surface area (Å²) in [5.41, 5.74) is -2.69. The summed E-state index contributed by atoms with van der Waals surface area (Å²) in [6.45, 7) is 3.95. The lowest BCUT2D eigenvalue weighted by molar-refractivity contribution is -0.385. The SMILES string of the molecule is CCOC(=O)C(C)(C)C(=O)Cn1cc([N+](=O)[O-])cnc1=O. The van der Waals surface area contributed by atoms with E-state index in [2.05, 4.69) is 4.98 Å². The number of esters is 1. The summed E-state index contributed by atoms with van der Waals surface area (Å²) in [6.07, 6.45) is 1.72. The number of ketones is 1. The van der Waals surface area contributed by atoms with Gasteiger partial charge in [0.2, 0.25) is 0 Å². The summed E-state index contributed by atoms with van der Waals surface area (Å²) >= 11 is 0. The quantitative estimate of drug-likeness (QED) is 0.320. The van der Waals surface area contributed by atoms with Gasteiger partial charge in [0.15, 0.2) is 5.78 Å². The van der Waals surface area contributed by atoms with Crippen LogP contribution < -0.4 is 5.69 Å². The molecule has 0 bridgehead atoms. The molecule has 0 aliphatic heterocycles. The molecule has 21 heavy (non-hydrogen) atoms. The van der Waals surface area contributed by atoms with Crippen molar-refractivity contribution in [2.75, 3.05) is 6.61 Å². The van der Waals surface area contributed by atoms with Crippen LogP contribution in [-0.4, -0.2) is 32.8 Å². The monoisotopic (exact) mass is 297 g/mol. The van der Waals surface area contributed by atoms with Crippen LogP contribution in [0.4, 0.5) is 5.69 Å². The summed E-state index contributed by atoms with van der Waals surface area (Å²) in [6, 6.07) is 0. The molecule has 9 nitrogen and oxygen atoms in total. The Morgan fingerprint density at radius 2 is 2.10 bits per heavy atom. The first-order chi connectivity index (χ1) is 9.70. The zero-order valence-electron chi connectivity index (χ0n) is 11.9. The van der Waals surface area contributed by atoms with Crippen molar-refractivity contribution in [1.29, 1.82) is 0 Å². The van der Waals surface area contributed by atoms with Gasteiger partial charge in [0.05, 0.1) is 24.3 Å². The highest BCUT2D eigenvalue weighted by Crippen LogP contribution is 2.20. The van der Waals surface area contributed by atoms with E-state index >= 15 is 0 Å². The second-order valence-electron chi connectivity index (χ2n) is 4.75. The summed E-state index contributed by atoms with van der Waals surface area (Å²) < 4.78 is 5.58. The first-order valence-corrected chi connectivity index (χ1v) is 6.11. The van der Waals surface area contributed by atoms with E-state index in [-0.39, 0.29) is 6.61 Å². The average Bonchev–Trinajstić information content (AvgIpc) is 2.40. The molecule has 1 heterocycles. The Bertz CT molecular complexity index is 634. The standard InChI is InChI=1S/C12H15N3O6/c1-4-21-10(17)12(2,3)9(16)7-14-6-8(15(19)20)5-13-11(14)18/h5-6H,4,7H2,1-3H3. The molecule has 0 unspecified atom stereocenters. The van der Waals surface area contributed by atoms with Crippen molar-refractivity contribution in [2.45, 2.75) is 27.3 Å². The van der Waals surface area contributed by atoms with Crippen LogP contribution in [0.1, 0.15) is 20.8 Å². The molecular formula is C12H15N3O6. The molecule has 0 aliphatic rings. The Hall–Kier alpha value is -2.58. The molecule has 0 fully saturated rings. The van der Waals surface area contributed by atoms with E-state index in [0.29, 0.717) is 0 Å². The fourth-order valence-corrected chi connectivity index (χ4v) is 1.43. The normalized spacial score (nSPS) is 11.0. The highest BCUT2D eigenvalue weighted by Gasteiger charge is 2.37. The van der Waals surface area contributed by atoms with E-state index < -0.39 is 40.0 Å². The molecule has 0 aliphatic carbocycles. The third kappa shape index (κ3) is 3.71. The predicted octanol–water partition coefficient (Wildman–Crippen LogP) is 0.310. The van der Waals surface area contributed by atoms with Gasteiger partial charge in [-0.15, -0.1) is 0 Å². The fourth-order valence-electron chi connectivity index (χ4n) is 1.43. The average molecular weight is 297 g/mol. The summed E-state index contributed by atoms with van der Waals surface area (Å²) in [5, 5.41) is 10.6. The molecule has 0 atom stereocenters. The van der Waals surface area contributed by atoms with Gasteiger partial charge in [0.1, 0.15) is 11.6 Å².